The minimum absolute atomic E-state index is 0.00134. The number of halogens is 3. The lowest BCUT2D eigenvalue weighted by atomic mass is 9.92. The Kier molecular flexibility index (Phi) is 11.3. The predicted octanol–water partition coefficient (Wildman–Crippen LogP) is 5.46. The van der Waals surface area contributed by atoms with E-state index in [-0.39, 0.29) is 46.7 Å². The number of aliphatic hydroxyl groups is 1. The van der Waals surface area contributed by atoms with Gasteiger partial charge < -0.3 is 43.0 Å². The summed E-state index contributed by atoms with van der Waals surface area (Å²) in [5.74, 6) is -1.40. The molecule has 0 aliphatic rings. The molecule has 0 aliphatic heterocycles. The largest absolute Gasteiger partial charge is 0.493 e. The molecule has 13 heteroatoms. The molecule has 0 aliphatic carbocycles. The van der Waals surface area contributed by atoms with E-state index in [9.17, 15) is 23.1 Å². The fraction of sp³-hybridized carbons (Fsp3) is 0.323. The summed E-state index contributed by atoms with van der Waals surface area (Å²) in [6.07, 6.45) is -4.07. The van der Waals surface area contributed by atoms with Crippen LogP contribution >= 0.6 is 0 Å². The number of rotatable bonds is 14. The van der Waals surface area contributed by atoms with E-state index in [1.54, 1.807) is 6.08 Å². The summed E-state index contributed by atoms with van der Waals surface area (Å²) in [7, 11) is 7.45. The van der Waals surface area contributed by atoms with Crippen LogP contribution in [0.3, 0.4) is 0 Å². The molecule has 0 heterocycles. The van der Waals surface area contributed by atoms with E-state index in [1.807, 2.05) is 0 Å². The molecule has 0 aromatic heterocycles. The monoisotopic (exact) mass is 622 g/mol. The third kappa shape index (κ3) is 6.79. The van der Waals surface area contributed by atoms with Crippen molar-refractivity contribution in [3.63, 3.8) is 0 Å². The number of hydrogen-bond donors (Lipinski definition) is 1. The van der Waals surface area contributed by atoms with Crippen LogP contribution < -0.4 is 28.4 Å². The van der Waals surface area contributed by atoms with Gasteiger partial charge in [0.25, 0.3) is 11.9 Å². The van der Waals surface area contributed by atoms with Gasteiger partial charge in [-0.15, -0.1) is 0 Å². The van der Waals surface area contributed by atoms with Gasteiger partial charge in [-0.1, -0.05) is 42.5 Å². The van der Waals surface area contributed by atoms with E-state index in [1.165, 1.54) is 84.1 Å². The molecular formula is C31H33F3O10. The lowest BCUT2D eigenvalue weighted by Gasteiger charge is -2.34. The Morgan fingerprint density at radius 1 is 0.795 bits per heavy atom. The molecule has 3 aromatic rings. The molecule has 0 saturated heterocycles. The van der Waals surface area contributed by atoms with Crippen molar-refractivity contribution >= 4 is 12.0 Å². The molecule has 0 fully saturated rings. The minimum Gasteiger partial charge on any atom is -0.493 e. The molecule has 44 heavy (non-hydrogen) atoms. The Bertz CT molecular complexity index is 1390. The summed E-state index contributed by atoms with van der Waals surface area (Å²) in [5.41, 5.74) is -3.50. The van der Waals surface area contributed by atoms with Gasteiger partial charge in [0.15, 0.2) is 23.0 Å². The molecule has 3 aromatic carbocycles. The second-order valence-corrected chi connectivity index (χ2v) is 8.90. The summed E-state index contributed by atoms with van der Waals surface area (Å²) in [6, 6.07) is 12.1. The number of esters is 1. The van der Waals surface area contributed by atoms with E-state index in [2.05, 4.69) is 0 Å². The third-order valence-electron chi connectivity index (χ3n) is 6.47. The maximum Gasteiger partial charge on any atom is 0.432 e. The SMILES string of the molecule is COc1cc([C@H](OC(=O)[C@](OC)(c2ccccc2)C(F)(F)F)Oc2c(OC)cc(/C=C\CO)cc2OC)cc(OC)c1OC. The van der Waals surface area contributed by atoms with Crippen molar-refractivity contribution in [2.75, 3.05) is 49.3 Å². The van der Waals surface area contributed by atoms with E-state index < -0.39 is 29.6 Å². The van der Waals surface area contributed by atoms with Crippen molar-refractivity contribution in [2.45, 2.75) is 18.1 Å². The number of ether oxygens (including phenoxy) is 8. The van der Waals surface area contributed by atoms with Crippen LogP contribution in [0.2, 0.25) is 0 Å². The van der Waals surface area contributed by atoms with Crippen molar-refractivity contribution in [2.24, 2.45) is 0 Å². The number of benzene rings is 3. The quantitative estimate of drug-likeness (QED) is 0.184. The van der Waals surface area contributed by atoms with Crippen LogP contribution in [-0.2, 0) is 19.9 Å². The highest BCUT2D eigenvalue weighted by Crippen LogP contribution is 2.47. The van der Waals surface area contributed by atoms with E-state index in [0.717, 1.165) is 19.2 Å². The molecule has 0 amide bonds. The van der Waals surface area contributed by atoms with Gasteiger partial charge >= 0.3 is 12.1 Å². The van der Waals surface area contributed by atoms with Gasteiger partial charge in [-0.25, -0.2) is 4.79 Å². The van der Waals surface area contributed by atoms with Crippen molar-refractivity contribution in [1.29, 1.82) is 0 Å². The molecule has 238 valence electrons. The molecule has 10 nitrogen and oxygen atoms in total. The maximum atomic E-state index is 14.7. The molecule has 0 saturated carbocycles. The van der Waals surface area contributed by atoms with Crippen LogP contribution in [0.4, 0.5) is 13.2 Å². The first-order valence-electron chi connectivity index (χ1n) is 12.9. The predicted molar refractivity (Wildman–Crippen MR) is 152 cm³/mol. The molecule has 0 bridgehead atoms. The van der Waals surface area contributed by atoms with Gasteiger partial charge in [0.1, 0.15) is 0 Å². The number of alkyl halides is 3. The summed E-state index contributed by atoms with van der Waals surface area (Å²) in [5, 5.41) is 9.17. The zero-order valence-corrected chi connectivity index (χ0v) is 24.9. The Labute approximate surface area is 252 Å². The first kappa shape index (κ1) is 33.9. The van der Waals surface area contributed by atoms with E-state index >= 15 is 0 Å². The fourth-order valence-corrected chi connectivity index (χ4v) is 4.37. The number of aliphatic hydroxyl groups excluding tert-OH is 1. The van der Waals surface area contributed by atoms with Gasteiger partial charge in [0.05, 0.1) is 42.2 Å². The summed E-state index contributed by atoms with van der Waals surface area (Å²) < 4.78 is 87.8. The first-order chi connectivity index (χ1) is 21.0. The molecule has 0 unspecified atom stereocenters. The van der Waals surface area contributed by atoms with Crippen LogP contribution in [0.25, 0.3) is 6.08 Å². The fourth-order valence-electron chi connectivity index (χ4n) is 4.37. The normalized spacial score (nSPS) is 13.5. The van der Waals surface area contributed by atoms with Gasteiger partial charge in [0.2, 0.25) is 11.5 Å². The second kappa shape index (κ2) is 14.7. The van der Waals surface area contributed by atoms with Gasteiger partial charge in [0, 0.05) is 18.2 Å². The highest BCUT2D eigenvalue weighted by Gasteiger charge is 2.64. The lowest BCUT2D eigenvalue weighted by Crippen LogP contribution is -2.52. The third-order valence-corrected chi connectivity index (χ3v) is 6.47. The average molecular weight is 623 g/mol. The summed E-state index contributed by atoms with van der Waals surface area (Å²) >= 11 is 0. The number of carbonyl (C=O) groups excluding carboxylic acids is 1. The zero-order valence-electron chi connectivity index (χ0n) is 24.9. The second-order valence-electron chi connectivity index (χ2n) is 8.90. The molecule has 0 radical (unpaired) electrons. The molecule has 2 atom stereocenters. The Morgan fingerprint density at radius 3 is 1.75 bits per heavy atom. The standard InChI is InChI=1S/C31H33F3O10/c1-37-22-15-19(11-10-14-35)16-23(38-2)27(22)43-28(20-17-24(39-3)26(41-5)25(18-20)40-4)44-29(36)30(42-6,31(32,33)34)21-12-8-7-9-13-21/h7-13,15-18,28,35H,14H2,1-6H3/b11-10-/t28-,30+/m0/s1. The van der Waals surface area contributed by atoms with Gasteiger partial charge in [-0.2, -0.15) is 13.2 Å². The Morgan fingerprint density at radius 2 is 1.32 bits per heavy atom. The topological polar surface area (TPSA) is 111 Å². The van der Waals surface area contributed by atoms with Crippen LogP contribution in [0.1, 0.15) is 23.0 Å². The smallest absolute Gasteiger partial charge is 0.432 e. The van der Waals surface area contributed by atoms with Gasteiger partial charge in [-0.3, -0.25) is 0 Å². The van der Waals surface area contributed by atoms with Crippen molar-refractivity contribution in [3.05, 3.63) is 77.4 Å². The first-order valence-corrected chi connectivity index (χ1v) is 12.9. The molecular weight excluding hydrogens is 589 g/mol. The highest BCUT2D eigenvalue weighted by atomic mass is 19.4. The molecule has 1 N–H and O–H groups in total. The number of methoxy groups -OCH3 is 6. The summed E-state index contributed by atoms with van der Waals surface area (Å²) in [4.78, 5) is 13.7. The number of carbonyl (C=O) groups is 1. The Hall–Kier alpha value is -4.62. The maximum absolute atomic E-state index is 14.7. The van der Waals surface area contributed by atoms with Gasteiger partial charge in [-0.05, 0) is 29.8 Å². The van der Waals surface area contributed by atoms with Crippen LogP contribution in [-0.4, -0.2) is 66.5 Å². The van der Waals surface area contributed by atoms with Crippen molar-refractivity contribution in [3.8, 4) is 34.5 Å². The number of hydrogen-bond acceptors (Lipinski definition) is 10. The van der Waals surface area contributed by atoms with E-state index in [0.29, 0.717) is 5.56 Å². The zero-order chi connectivity index (χ0) is 32.5. The van der Waals surface area contributed by atoms with E-state index in [4.69, 9.17) is 37.9 Å². The van der Waals surface area contributed by atoms with Crippen LogP contribution in [0.15, 0.2) is 60.7 Å². The van der Waals surface area contributed by atoms with Crippen LogP contribution in [0.5, 0.6) is 34.5 Å². The minimum atomic E-state index is -5.25. The Balaban J connectivity index is 2.26. The van der Waals surface area contributed by atoms with Crippen molar-refractivity contribution in [1.82, 2.24) is 0 Å². The average Bonchev–Trinajstić information content (AvgIpc) is 3.03. The van der Waals surface area contributed by atoms with Crippen molar-refractivity contribution < 1.29 is 61.0 Å². The lowest BCUT2D eigenvalue weighted by molar-refractivity contribution is -0.282. The highest BCUT2D eigenvalue weighted by molar-refractivity contribution is 5.83. The molecule has 0 spiro atoms. The molecule has 3 rings (SSSR count). The van der Waals surface area contributed by atoms with Crippen LogP contribution in [0, 0.1) is 0 Å². The summed E-state index contributed by atoms with van der Waals surface area (Å²) in [6.45, 7) is -0.232.